The zero-order chi connectivity index (χ0) is 13.4. The first kappa shape index (κ1) is 15.9. The van der Waals surface area contributed by atoms with E-state index in [0.29, 0.717) is 6.04 Å². The molecular weight excluding hydrogens is 222 g/mol. The van der Waals surface area contributed by atoms with Gasteiger partial charge in [-0.05, 0) is 32.7 Å². The van der Waals surface area contributed by atoms with Gasteiger partial charge in [-0.15, -0.1) is 0 Å². The molecule has 3 nitrogen and oxygen atoms in total. The predicted octanol–water partition coefficient (Wildman–Crippen LogP) is 2.18. The molecule has 0 bridgehead atoms. The van der Waals surface area contributed by atoms with Crippen molar-refractivity contribution in [1.82, 2.24) is 15.1 Å². The van der Waals surface area contributed by atoms with Crippen LogP contribution in [0.4, 0.5) is 0 Å². The Balaban J connectivity index is 2.25. The Labute approximate surface area is 114 Å². The van der Waals surface area contributed by atoms with Crippen molar-refractivity contribution in [2.45, 2.75) is 59.0 Å². The molecule has 1 N–H and O–H groups in total. The van der Waals surface area contributed by atoms with Crippen molar-refractivity contribution in [3.63, 3.8) is 0 Å². The second-order valence-corrected chi connectivity index (χ2v) is 5.65. The van der Waals surface area contributed by atoms with E-state index in [9.17, 15) is 0 Å². The summed E-state index contributed by atoms with van der Waals surface area (Å²) in [7, 11) is 0. The fourth-order valence-corrected chi connectivity index (χ4v) is 2.64. The van der Waals surface area contributed by atoms with Crippen molar-refractivity contribution < 1.29 is 0 Å². The molecule has 2 unspecified atom stereocenters. The Kier molecular flexibility index (Phi) is 7.87. The van der Waals surface area contributed by atoms with E-state index in [1.165, 1.54) is 52.0 Å². The summed E-state index contributed by atoms with van der Waals surface area (Å²) in [5.74, 6) is 0. The zero-order valence-electron chi connectivity index (χ0n) is 12.9. The number of hydrogen-bond donors (Lipinski definition) is 1. The van der Waals surface area contributed by atoms with Gasteiger partial charge in [0.15, 0.2) is 0 Å². The van der Waals surface area contributed by atoms with Gasteiger partial charge in [0.1, 0.15) is 0 Å². The van der Waals surface area contributed by atoms with E-state index in [0.717, 1.165) is 12.6 Å². The van der Waals surface area contributed by atoms with Gasteiger partial charge in [0.25, 0.3) is 0 Å². The third-order valence-corrected chi connectivity index (χ3v) is 4.28. The van der Waals surface area contributed by atoms with E-state index in [2.05, 4.69) is 42.8 Å². The molecule has 0 aromatic carbocycles. The SMILES string of the molecule is CCCNC(CC)CN1CCN(C(C)CC)CC1. The highest BCUT2D eigenvalue weighted by molar-refractivity contribution is 4.79. The van der Waals surface area contributed by atoms with Crippen LogP contribution in [0.25, 0.3) is 0 Å². The third-order valence-electron chi connectivity index (χ3n) is 4.28. The highest BCUT2D eigenvalue weighted by atomic mass is 15.3. The molecular formula is C15H33N3. The number of hydrogen-bond acceptors (Lipinski definition) is 3. The molecule has 2 atom stereocenters. The zero-order valence-corrected chi connectivity index (χ0v) is 12.9. The fourth-order valence-electron chi connectivity index (χ4n) is 2.64. The maximum atomic E-state index is 3.66. The lowest BCUT2D eigenvalue weighted by molar-refractivity contribution is 0.0935. The Morgan fingerprint density at radius 3 is 2.17 bits per heavy atom. The first-order valence-corrected chi connectivity index (χ1v) is 7.90. The minimum absolute atomic E-state index is 0.681. The second-order valence-electron chi connectivity index (χ2n) is 5.65. The van der Waals surface area contributed by atoms with Gasteiger partial charge < -0.3 is 5.32 Å². The molecule has 1 saturated heterocycles. The molecule has 18 heavy (non-hydrogen) atoms. The molecule has 1 fully saturated rings. The van der Waals surface area contributed by atoms with Crippen molar-refractivity contribution in [3.8, 4) is 0 Å². The third kappa shape index (κ3) is 5.25. The summed E-state index contributed by atoms with van der Waals surface area (Å²) in [6, 6.07) is 1.44. The van der Waals surface area contributed by atoms with E-state index in [1.807, 2.05) is 0 Å². The predicted molar refractivity (Wildman–Crippen MR) is 80.1 cm³/mol. The Morgan fingerprint density at radius 1 is 1.00 bits per heavy atom. The van der Waals surface area contributed by atoms with Crippen molar-refractivity contribution >= 4 is 0 Å². The quantitative estimate of drug-likeness (QED) is 0.717. The lowest BCUT2D eigenvalue weighted by Crippen LogP contribution is -2.52. The Bertz CT molecular complexity index is 200. The van der Waals surface area contributed by atoms with Crippen LogP contribution in [0.5, 0.6) is 0 Å². The molecule has 1 aliphatic rings. The number of nitrogens with one attached hydrogen (secondary N) is 1. The van der Waals surface area contributed by atoms with Crippen LogP contribution in [0.2, 0.25) is 0 Å². The van der Waals surface area contributed by atoms with Crippen LogP contribution in [0, 0.1) is 0 Å². The molecule has 1 heterocycles. The summed E-state index contributed by atoms with van der Waals surface area (Å²) in [6.45, 7) is 16.6. The van der Waals surface area contributed by atoms with E-state index < -0.39 is 0 Å². The summed E-state index contributed by atoms with van der Waals surface area (Å²) < 4.78 is 0. The van der Waals surface area contributed by atoms with Gasteiger partial charge in [0, 0.05) is 44.8 Å². The largest absolute Gasteiger partial charge is 0.313 e. The average molecular weight is 255 g/mol. The van der Waals surface area contributed by atoms with Gasteiger partial charge in [0.2, 0.25) is 0 Å². The van der Waals surface area contributed by atoms with Crippen LogP contribution in [0.1, 0.15) is 47.0 Å². The monoisotopic (exact) mass is 255 g/mol. The summed E-state index contributed by atoms with van der Waals surface area (Å²) in [6.07, 6.45) is 3.75. The second kappa shape index (κ2) is 8.89. The van der Waals surface area contributed by atoms with E-state index in [-0.39, 0.29) is 0 Å². The van der Waals surface area contributed by atoms with Crippen molar-refractivity contribution in [1.29, 1.82) is 0 Å². The molecule has 1 rings (SSSR count). The van der Waals surface area contributed by atoms with Gasteiger partial charge >= 0.3 is 0 Å². The van der Waals surface area contributed by atoms with Crippen molar-refractivity contribution in [3.05, 3.63) is 0 Å². The van der Waals surface area contributed by atoms with E-state index in [1.54, 1.807) is 0 Å². The molecule has 0 spiro atoms. The Morgan fingerprint density at radius 2 is 1.67 bits per heavy atom. The van der Waals surface area contributed by atoms with E-state index in [4.69, 9.17) is 0 Å². The summed E-state index contributed by atoms with van der Waals surface area (Å²) in [4.78, 5) is 5.27. The van der Waals surface area contributed by atoms with Gasteiger partial charge in [-0.1, -0.05) is 20.8 Å². The smallest absolute Gasteiger partial charge is 0.0192 e. The average Bonchev–Trinajstić information content (AvgIpc) is 2.43. The highest BCUT2D eigenvalue weighted by Crippen LogP contribution is 2.09. The van der Waals surface area contributed by atoms with Gasteiger partial charge in [-0.25, -0.2) is 0 Å². The number of nitrogens with zero attached hydrogens (tertiary/aromatic N) is 2. The maximum Gasteiger partial charge on any atom is 0.0192 e. The maximum absolute atomic E-state index is 3.66. The molecule has 0 aliphatic carbocycles. The van der Waals surface area contributed by atoms with Gasteiger partial charge in [0.05, 0.1) is 0 Å². The summed E-state index contributed by atoms with van der Waals surface area (Å²) in [5.41, 5.74) is 0. The topological polar surface area (TPSA) is 18.5 Å². The first-order valence-electron chi connectivity index (χ1n) is 7.90. The van der Waals surface area contributed by atoms with Crippen molar-refractivity contribution in [2.75, 3.05) is 39.3 Å². The van der Waals surface area contributed by atoms with Gasteiger partial charge in [-0.2, -0.15) is 0 Å². The number of piperazine rings is 1. The minimum atomic E-state index is 0.681. The minimum Gasteiger partial charge on any atom is -0.313 e. The lowest BCUT2D eigenvalue weighted by atomic mass is 10.1. The fraction of sp³-hybridized carbons (Fsp3) is 1.00. The summed E-state index contributed by atoms with van der Waals surface area (Å²) in [5, 5.41) is 3.66. The molecule has 0 aromatic heterocycles. The van der Waals surface area contributed by atoms with Crippen molar-refractivity contribution in [2.24, 2.45) is 0 Å². The van der Waals surface area contributed by atoms with Crippen LogP contribution >= 0.6 is 0 Å². The van der Waals surface area contributed by atoms with Crippen LogP contribution in [0.3, 0.4) is 0 Å². The van der Waals surface area contributed by atoms with Crippen LogP contribution in [0.15, 0.2) is 0 Å². The lowest BCUT2D eigenvalue weighted by Gasteiger charge is -2.39. The molecule has 3 heteroatoms. The molecule has 0 aromatic rings. The van der Waals surface area contributed by atoms with Gasteiger partial charge in [-0.3, -0.25) is 9.80 Å². The van der Waals surface area contributed by atoms with Crippen LogP contribution in [-0.2, 0) is 0 Å². The van der Waals surface area contributed by atoms with E-state index >= 15 is 0 Å². The highest BCUT2D eigenvalue weighted by Gasteiger charge is 2.21. The molecule has 0 radical (unpaired) electrons. The standard InChI is InChI=1S/C15H33N3/c1-5-8-16-15(7-3)13-17-9-11-18(12-10-17)14(4)6-2/h14-16H,5-13H2,1-4H3. The summed E-state index contributed by atoms with van der Waals surface area (Å²) >= 11 is 0. The normalized spacial score (nSPS) is 22.0. The first-order chi connectivity index (χ1) is 8.71. The molecule has 108 valence electrons. The number of rotatable bonds is 8. The Hall–Kier alpha value is -0.120. The molecule has 0 amide bonds. The van der Waals surface area contributed by atoms with Crippen LogP contribution < -0.4 is 5.32 Å². The molecule has 0 saturated carbocycles. The molecule has 1 aliphatic heterocycles. The van der Waals surface area contributed by atoms with Crippen LogP contribution in [-0.4, -0.2) is 61.2 Å².